The molecule has 7 heteroatoms. The van der Waals surface area contributed by atoms with E-state index in [-0.39, 0.29) is 6.54 Å². The number of likely N-dealkylation sites (N-methyl/N-ethyl adjacent to an activating group) is 1. The normalized spacial score (nSPS) is 12.2. The van der Waals surface area contributed by atoms with E-state index in [1.54, 1.807) is 11.9 Å². The molecule has 0 aromatic heterocycles. The number of aliphatic imine (C=N–C) groups is 1. The zero-order valence-electron chi connectivity index (χ0n) is 13.8. The molecule has 0 atom stereocenters. The summed E-state index contributed by atoms with van der Waals surface area (Å²) in [5.41, 5.74) is 1.15. The van der Waals surface area contributed by atoms with Gasteiger partial charge in [0.2, 0.25) is 0 Å². The number of rotatable bonds is 7. The molecule has 1 rings (SSSR count). The van der Waals surface area contributed by atoms with Crippen molar-refractivity contribution in [1.82, 2.24) is 10.2 Å². The average Bonchev–Trinajstić information content (AvgIpc) is 2.47. The second kappa shape index (κ2) is 9.27. The van der Waals surface area contributed by atoms with Gasteiger partial charge in [0.25, 0.3) is 0 Å². The Balaban J connectivity index is 2.45. The van der Waals surface area contributed by atoms with Gasteiger partial charge in [0, 0.05) is 13.6 Å². The predicted molar refractivity (Wildman–Crippen MR) is 86.0 cm³/mol. The fourth-order valence-electron chi connectivity index (χ4n) is 1.80. The lowest BCUT2D eigenvalue weighted by atomic mass is 10.2. The minimum atomic E-state index is -4.19. The Bertz CT molecular complexity index is 486. The molecule has 1 N–H and O–H groups in total. The highest BCUT2D eigenvalue weighted by molar-refractivity contribution is 5.79. The Kier molecular flexibility index (Phi) is 7.71. The third kappa shape index (κ3) is 8.32. The Labute approximate surface area is 135 Å². The summed E-state index contributed by atoms with van der Waals surface area (Å²) in [5.74, 6) is 1.22. The van der Waals surface area contributed by atoms with Crippen LogP contribution in [0.5, 0.6) is 5.75 Å². The van der Waals surface area contributed by atoms with Crippen LogP contribution in [0.3, 0.4) is 0 Å². The van der Waals surface area contributed by atoms with Crippen molar-refractivity contribution in [2.45, 2.75) is 26.4 Å². The predicted octanol–water partition coefficient (Wildman–Crippen LogP) is 3.22. The zero-order valence-corrected chi connectivity index (χ0v) is 13.8. The molecule has 0 bridgehead atoms. The number of nitrogens with one attached hydrogen (secondary N) is 1. The average molecular weight is 331 g/mol. The molecule has 0 saturated heterocycles. The molecule has 0 saturated carbocycles. The summed E-state index contributed by atoms with van der Waals surface area (Å²) in [6, 6.07) is 7.69. The Hall–Kier alpha value is -1.92. The number of hydrogen-bond donors (Lipinski definition) is 1. The van der Waals surface area contributed by atoms with Gasteiger partial charge in [0.05, 0.1) is 19.5 Å². The second-order valence-electron chi connectivity index (χ2n) is 5.18. The van der Waals surface area contributed by atoms with E-state index in [2.05, 4.69) is 10.3 Å². The highest BCUT2D eigenvalue weighted by Crippen LogP contribution is 2.19. The van der Waals surface area contributed by atoms with E-state index in [0.717, 1.165) is 11.3 Å². The SMILES string of the molecule is CCNC(=NCCC(F)(F)F)N(C)CCOc1ccc(C)cc1. The van der Waals surface area contributed by atoms with Gasteiger partial charge < -0.3 is 15.0 Å². The zero-order chi connectivity index (χ0) is 17.3. The minimum Gasteiger partial charge on any atom is -0.492 e. The number of guanidine groups is 1. The van der Waals surface area contributed by atoms with Gasteiger partial charge in [-0.05, 0) is 26.0 Å². The van der Waals surface area contributed by atoms with E-state index < -0.39 is 12.6 Å². The van der Waals surface area contributed by atoms with Gasteiger partial charge in [0.1, 0.15) is 12.4 Å². The molecule has 1 aromatic rings. The van der Waals surface area contributed by atoms with E-state index >= 15 is 0 Å². The van der Waals surface area contributed by atoms with Gasteiger partial charge in [-0.3, -0.25) is 4.99 Å². The molecule has 1 aromatic carbocycles. The Morgan fingerprint density at radius 3 is 2.48 bits per heavy atom. The lowest BCUT2D eigenvalue weighted by molar-refractivity contribution is -0.132. The quantitative estimate of drug-likeness (QED) is 0.616. The number of alkyl halides is 3. The fourth-order valence-corrected chi connectivity index (χ4v) is 1.80. The first-order chi connectivity index (χ1) is 10.8. The molecule has 23 heavy (non-hydrogen) atoms. The summed E-state index contributed by atoms with van der Waals surface area (Å²) in [5, 5.41) is 2.98. The first kappa shape index (κ1) is 19.1. The van der Waals surface area contributed by atoms with Crippen LogP contribution in [0.15, 0.2) is 29.3 Å². The van der Waals surface area contributed by atoms with Gasteiger partial charge in [-0.2, -0.15) is 13.2 Å². The topological polar surface area (TPSA) is 36.9 Å². The maximum atomic E-state index is 12.2. The Morgan fingerprint density at radius 1 is 1.26 bits per heavy atom. The highest BCUT2D eigenvalue weighted by Gasteiger charge is 2.26. The van der Waals surface area contributed by atoms with Crippen molar-refractivity contribution in [2.24, 2.45) is 4.99 Å². The summed E-state index contributed by atoms with van der Waals surface area (Å²) in [6.45, 7) is 5.12. The van der Waals surface area contributed by atoms with Crippen LogP contribution in [0.1, 0.15) is 18.9 Å². The molecule has 0 heterocycles. The molecule has 0 radical (unpaired) electrons. The number of ether oxygens (including phenoxy) is 1. The molecule has 0 unspecified atom stereocenters. The van der Waals surface area contributed by atoms with E-state index in [4.69, 9.17) is 4.74 Å². The van der Waals surface area contributed by atoms with Crippen LogP contribution >= 0.6 is 0 Å². The lowest BCUT2D eigenvalue weighted by Crippen LogP contribution is -2.41. The van der Waals surface area contributed by atoms with E-state index in [0.29, 0.717) is 25.7 Å². The molecule has 4 nitrogen and oxygen atoms in total. The van der Waals surface area contributed by atoms with Crippen LogP contribution in [-0.4, -0.2) is 50.3 Å². The van der Waals surface area contributed by atoms with Gasteiger partial charge >= 0.3 is 6.18 Å². The number of nitrogens with zero attached hydrogens (tertiary/aromatic N) is 2. The summed E-state index contributed by atoms with van der Waals surface area (Å²) in [6.07, 6.45) is -5.11. The third-order valence-corrected chi connectivity index (χ3v) is 3.07. The van der Waals surface area contributed by atoms with Crippen molar-refractivity contribution < 1.29 is 17.9 Å². The first-order valence-corrected chi connectivity index (χ1v) is 7.57. The first-order valence-electron chi connectivity index (χ1n) is 7.57. The van der Waals surface area contributed by atoms with Crippen molar-refractivity contribution >= 4 is 5.96 Å². The van der Waals surface area contributed by atoms with Gasteiger partial charge in [-0.1, -0.05) is 17.7 Å². The van der Waals surface area contributed by atoms with Crippen LogP contribution < -0.4 is 10.1 Å². The molecule has 0 aliphatic rings. The van der Waals surface area contributed by atoms with Crippen LogP contribution in [0.4, 0.5) is 13.2 Å². The smallest absolute Gasteiger partial charge is 0.390 e. The standard InChI is InChI=1S/C16H24F3N3O/c1-4-20-15(21-10-9-16(17,18)19)22(3)11-12-23-14-7-5-13(2)6-8-14/h5-8H,4,9-12H2,1-3H3,(H,20,21). The van der Waals surface area contributed by atoms with Crippen LogP contribution in [0.2, 0.25) is 0 Å². The number of halogens is 3. The molecular formula is C16H24F3N3O. The third-order valence-electron chi connectivity index (χ3n) is 3.07. The summed E-state index contributed by atoms with van der Waals surface area (Å²) in [7, 11) is 1.77. The van der Waals surface area contributed by atoms with E-state index in [9.17, 15) is 13.2 Å². The maximum absolute atomic E-state index is 12.2. The van der Waals surface area contributed by atoms with Gasteiger partial charge in [-0.15, -0.1) is 0 Å². The maximum Gasteiger partial charge on any atom is 0.390 e. The second-order valence-corrected chi connectivity index (χ2v) is 5.18. The molecule has 0 amide bonds. The molecule has 130 valence electrons. The number of hydrogen-bond acceptors (Lipinski definition) is 2. The summed E-state index contributed by atoms with van der Waals surface area (Å²) in [4.78, 5) is 5.75. The van der Waals surface area contributed by atoms with E-state index in [1.807, 2.05) is 38.1 Å². The Morgan fingerprint density at radius 2 is 1.91 bits per heavy atom. The monoisotopic (exact) mass is 331 g/mol. The van der Waals surface area contributed by atoms with Crippen LogP contribution in [0, 0.1) is 6.92 Å². The molecular weight excluding hydrogens is 307 g/mol. The molecule has 0 spiro atoms. The highest BCUT2D eigenvalue weighted by atomic mass is 19.4. The molecule has 0 aliphatic carbocycles. The number of aryl methyl sites for hydroxylation is 1. The minimum absolute atomic E-state index is 0.283. The van der Waals surface area contributed by atoms with Crippen molar-refractivity contribution in [1.29, 1.82) is 0 Å². The summed E-state index contributed by atoms with van der Waals surface area (Å²) >= 11 is 0. The van der Waals surface area contributed by atoms with Crippen molar-refractivity contribution in [3.8, 4) is 5.75 Å². The van der Waals surface area contributed by atoms with Gasteiger partial charge in [-0.25, -0.2) is 0 Å². The fraction of sp³-hybridized carbons (Fsp3) is 0.562. The van der Waals surface area contributed by atoms with Crippen molar-refractivity contribution in [2.75, 3.05) is 33.3 Å². The molecule has 0 fully saturated rings. The van der Waals surface area contributed by atoms with Crippen molar-refractivity contribution in [3.63, 3.8) is 0 Å². The van der Waals surface area contributed by atoms with Crippen LogP contribution in [-0.2, 0) is 0 Å². The van der Waals surface area contributed by atoms with E-state index in [1.165, 1.54) is 0 Å². The van der Waals surface area contributed by atoms with Crippen LogP contribution in [0.25, 0.3) is 0 Å². The molecule has 0 aliphatic heterocycles. The van der Waals surface area contributed by atoms with Crippen molar-refractivity contribution in [3.05, 3.63) is 29.8 Å². The summed E-state index contributed by atoms with van der Waals surface area (Å²) < 4.78 is 42.2. The largest absolute Gasteiger partial charge is 0.492 e. The lowest BCUT2D eigenvalue weighted by Gasteiger charge is -2.22. The van der Waals surface area contributed by atoms with Gasteiger partial charge in [0.15, 0.2) is 5.96 Å². The number of benzene rings is 1.